The summed E-state index contributed by atoms with van der Waals surface area (Å²) in [5, 5.41) is 5.47. The molecule has 0 fully saturated rings. The van der Waals surface area contributed by atoms with Crippen LogP contribution in [0.2, 0.25) is 5.02 Å². The van der Waals surface area contributed by atoms with Crippen molar-refractivity contribution in [1.29, 1.82) is 0 Å². The predicted octanol–water partition coefficient (Wildman–Crippen LogP) is 5.47. The highest BCUT2D eigenvalue weighted by molar-refractivity contribution is 6.30. The lowest BCUT2D eigenvalue weighted by Crippen LogP contribution is -2.26. The van der Waals surface area contributed by atoms with E-state index in [0.29, 0.717) is 22.9 Å². The Labute approximate surface area is 186 Å². The summed E-state index contributed by atoms with van der Waals surface area (Å²) < 4.78 is 7.19. The van der Waals surface area contributed by atoms with Crippen LogP contribution < -0.4 is 4.74 Å². The second-order valence-corrected chi connectivity index (χ2v) is 7.59. The first-order chi connectivity index (χ1) is 15.1. The van der Waals surface area contributed by atoms with Crippen molar-refractivity contribution in [3.8, 4) is 22.7 Å². The molecule has 0 spiro atoms. The van der Waals surface area contributed by atoms with Gasteiger partial charge in [0, 0.05) is 35.9 Å². The number of hydrogen-bond acceptors (Lipinski definition) is 3. The normalized spacial score (nSPS) is 10.7. The summed E-state index contributed by atoms with van der Waals surface area (Å²) in [7, 11) is 3.34. The highest BCUT2D eigenvalue weighted by Gasteiger charge is 2.20. The van der Waals surface area contributed by atoms with Crippen molar-refractivity contribution in [2.24, 2.45) is 0 Å². The molecule has 0 aliphatic rings. The Kier molecular flexibility index (Phi) is 6.05. The number of para-hydroxylation sites is 2. The van der Waals surface area contributed by atoms with Crippen molar-refractivity contribution < 1.29 is 9.53 Å². The van der Waals surface area contributed by atoms with Crippen LogP contribution in [0.25, 0.3) is 16.9 Å². The number of benzene rings is 3. The molecular weight excluding hydrogens is 410 g/mol. The Morgan fingerprint density at radius 3 is 2.39 bits per heavy atom. The molecule has 4 rings (SSSR count). The molecule has 0 atom stereocenters. The molecule has 0 aliphatic carbocycles. The van der Waals surface area contributed by atoms with Gasteiger partial charge < -0.3 is 9.64 Å². The lowest BCUT2D eigenvalue weighted by Gasteiger charge is -2.18. The monoisotopic (exact) mass is 431 g/mol. The van der Waals surface area contributed by atoms with Crippen molar-refractivity contribution in [2.45, 2.75) is 6.54 Å². The third-order valence-corrected chi connectivity index (χ3v) is 5.27. The quantitative estimate of drug-likeness (QED) is 0.406. The van der Waals surface area contributed by atoms with Crippen LogP contribution in [0.5, 0.6) is 5.75 Å². The molecule has 0 aliphatic heterocycles. The number of carbonyl (C=O) groups excluding carboxylic acids is 1. The molecule has 1 amide bonds. The topological polar surface area (TPSA) is 47.4 Å². The second kappa shape index (κ2) is 9.06. The summed E-state index contributed by atoms with van der Waals surface area (Å²) in [6.45, 7) is 0.391. The van der Waals surface area contributed by atoms with E-state index in [-0.39, 0.29) is 5.91 Å². The minimum absolute atomic E-state index is 0.119. The van der Waals surface area contributed by atoms with Crippen LogP contribution in [-0.4, -0.2) is 34.7 Å². The summed E-state index contributed by atoms with van der Waals surface area (Å²) in [5.74, 6) is 0.434. The smallest absolute Gasteiger partial charge is 0.257 e. The van der Waals surface area contributed by atoms with E-state index in [2.05, 4.69) is 0 Å². The van der Waals surface area contributed by atoms with Crippen LogP contribution in [0.1, 0.15) is 15.9 Å². The largest absolute Gasteiger partial charge is 0.496 e. The zero-order valence-electron chi connectivity index (χ0n) is 17.3. The first-order valence-corrected chi connectivity index (χ1v) is 10.2. The number of hydrogen-bond donors (Lipinski definition) is 0. The molecular formula is C25H22ClN3O2. The van der Waals surface area contributed by atoms with Gasteiger partial charge in [0.25, 0.3) is 5.91 Å². The fraction of sp³-hybridized carbons (Fsp3) is 0.120. The lowest BCUT2D eigenvalue weighted by molar-refractivity contribution is 0.0782. The Balaban J connectivity index is 1.70. The lowest BCUT2D eigenvalue weighted by atomic mass is 10.1. The Hall–Kier alpha value is -3.57. The first kappa shape index (κ1) is 20.7. The van der Waals surface area contributed by atoms with E-state index < -0.39 is 0 Å². The Morgan fingerprint density at radius 1 is 1.00 bits per heavy atom. The molecule has 0 unspecified atom stereocenters. The van der Waals surface area contributed by atoms with Gasteiger partial charge >= 0.3 is 0 Å². The van der Waals surface area contributed by atoms with Crippen LogP contribution in [0, 0.1) is 0 Å². The molecule has 0 bridgehead atoms. The molecule has 0 saturated heterocycles. The maximum absolute atomic E-state index is 13.1. The molecule has 31 heavy (non-hydrogen) atoms. The maximum Gasteiger partial charge on any atom is 0.257 e. The van der Waals surface area contributed by atoms with Gasteiger partial charge in [-0.2, -0.15) is 5.10 Å². The van der Waals surface area contributed by atoms with Gasteiger partial charge in [-0.15, -0.1) is 0 Å². The minimum Gasteiger partial charge on any atom is -0.496 e. The van der Waals surface area contributed by atoms with Crippen LogP contribution >= 0.6 is 11.6 Å². The van der Waals surface area contributed by atoms with Gasteiger partial charge in [0.05, 0.1) is 24.1 Å². The molecule has 0 saturated carbocycles. The zero-order chi connectivity index (χ0) is 21.8. The standard InChI is InChI=1S/C25H22ClN3O2/c1-28(25(30)22-10-6-7-11-23(22)31-2)16-19-17-29(21-8-4-3-5-9-21)27-24(19)18-12-14-20(26)15-13-18/h3-15,17H,16H2,1-2H3. The number of nitrogens with zero attached hydrogens (tertiary/aromatic N) is 3. The average molecular weight is 432 g/mol. The zero-order valence-corrected chi connectivity index (χ0v) is 18.1. The summed E-state index contributed by atoms with van der Waals surface area (Å²) in [6, 6.07) is 24.7. The highest BCUT2D eigenvalue weighted by atomic mass is 35.5. The van der Waals surface area contributed by atoms with Gasteiger partial charge in [-0.1, -0.05) is 54.1 Å². The van der Waals surface area contributed by atoms with Gasteiger partial charge in [-0.3, -0.25) is 4.79 Å². The van der Waals surface area contributed by atoms with Crippen LogP contribution in [0.4, 0.5) is 0 Å². The third kappa shape index (κ3) is 4.47. The van der Waals surface area contributed by atoms with Crippen molar-refractivity contribution in [3.63, 3.8) is 0 Å². The van der Waals surface area contributed by atoms with E-state index in [0.717, 1.165) is 22.5 Å². The number of amides is 1. The Morgan fingerprint density at radius 2 is 1.68 bits per heavy atom. The van der Waals surface area contributed by atoms with Gasteiger partial charge in [0.1, 0.15) is 5.75 Å². The SMILES string of the molecule is COc1ccccc1C(=O)N(C)Cc1cn(-c2ccccc2)nc1-c1ccc(Cl)cc1. The highest BCUT2D eigenvalue weighted by Crippen LogP contribution is 2.27. The number of halogens is 1. The fourth-order valence-electron chi connectivity index (χ4n) is 3.44. The molecule has 0 N–H and O–H groups in total. The summed E-state index contributed by atoms with van der Waals surface area (Å²) in [5.41, 5.74) is 4.14. The Bertz CT molecular complexity index is 1190. The van der Waals surface area contributed by atoms with E-state index in [1.165, 1.54) is 0 Å². The van der Waals surface area contributed by atoms with Crippen LogP contribution in [-0.2, 0) is 6.54 Å². The molecule has 0 radical (unpaired) electrons. The van der Waals surface area contributed by atoms with E-state index in [4.69, 9.17) is 21.4 Å². The summed E-state index contributed by atoms with van der Waals surface area (Å²) in [6.07, 6.45) is 1.96. The number of methoxy groups -OCH3 is 1. The second-order valence-electron chi connectivity index (χ2n) is 7.15. The van der Waals surface area contributed by atoms with Crippen molar-refractivity contribution >= 4 is 17.5 Å². The number of carbonyl (C=O) groups is 1. The maximum atomic E-state index is 13.1. The summed E-state index contributed by atoms with van der Waals surface area (Å²) in [4.78, 5) is 14.8. The number of rotatable bonds is 6. The van der Waals surface area contributed by atoms with E-state index in [9.17, 15) is 4.79 Å². The van der Waals surface area contributed by atoms with Crippen molar-refractivity contribution in [3.05, 3.63) is 101 Å². The first-order valence-electron chi connectivity index (χ1n) is 9.85. The predicted molar refractivity (Wildman–Crippen MR) is 123 cm³/mol. The molecule has 1 aromatic heterocycles. The molecule has 4 aromatic rings. The molecule has 6 heteroatoms. The van der Waals surface area contributed by atoms with E-state index in [1.54, 1.807) is 31.2 Å². The fourth-order valence-corrected chi connectivity index (χ4v) is 3.57. The van der Waals surface area contributed by atoms with E-state index >= 15 is 0 Å². The van der Waals surface area contributed by atoms with Gasteiger partial charge in [0.2, 0.25) is 0 Å². The minimum atomic E-state index is -0.119. The van der Waals surface area contributed by atoms with Gasteiger partial charge in [-0.25, -0.2) is 4.68 Å². The van der Waals surface area contributed by atoms with Crippen molar-refractivity contribution in [1.82, 2.24) is 14.7 Å². The number of aromatic nitrogens is 2. The number of ether oxygens (including phenoxy) is 1. The van der Waals surface area contributed by atoms with Crippen molar-refractivity contribution in [2.75, 3.05) is 14.2 Å². The summed E-state index contributed by atoms with van der Waals surface area (Å²) >= 11 is 6.07. The molecule has 1 heterocycles. The third-order valence-electron chi connectivity index (χ3n) is 5.02. The van der Waals surface area contributed by atoms with Gasteiger partial charge in [-0.05, 0) is 36.4 Å². The molecule has 5 nitrogen and oxygen atoms in total. The van der Waals surface area contributed by atoms with Crippen LogP contribution in [0.3, 0.4) is 0 Å². The van der Waals surface area contributed by atoms with Crippen LogP contribution in [0.15, 0.2) is 85.1 Å². The molecule has 3 aromatic carbocycles. The van der Waals surface area contributed by atoms with E-state index in [1.807, 2.05) is 77.6 Å². The van der Waals surface area contributed by atoms with Gasteiger partial charge in [0.15, 0.2) is 0 Å². The average Bonchev–Trinajstić information content (AvgIpc) is 3.23. The molecule has 156 valence electrons.